The van der Waals surface area contributed by atoms with Gasteiger partial charge in [0, 0.05) is 36.3 Å². The zero-order valence-electron chi connectivity index (χ0n) is 25.2. The molecule has 1 fully saturated rings. The van der Waals surface area contributed by atoms with Crippen molar-refractivity contribution in [1.29, 1.82) is 0 Å². The predicted molar refractivity (Wildman–Crippen MR) is 168 cm³/mol. The molecule has 3 aromatic carbocycles. The predicted octanol–water partition coefficient (Wildman–Crippen LogP) is 5.66. The van der Waals surface area contributed by atoms with Crippen LogP contribution in [-0.4, -0.2) is 42.2 Å². The summed E-state index contributed by atoms with van der Waals surface area (Å²) in [6.45, 7) is 2.78. The second-order valence-electron chi connectivity index (χ2n) is 10.7. The monoisotopic (exact) mass is 609 g/mol. The Balaban J connectivity index is 1.06. The molecule has 1 aromatic heterocycles. The van der Waals surface area contributed by atoms with Crippen LogP contribution < -0.4 is 19.9 Å². The Bertz CT molecular complexity index is 1600. The average Bonchev–Trinajstić information content (AvgIpc) is 3.55. The first-order valence-corrected chi connectivity index (χ1v) is 14.9. The quantitative estimate of drug-likeness (QED) is 0.168. The lowest BCUT2D eigenvalue weighted by Gasteiger charge is -2.22. The Morgan fingerprint density at radius 3 is 2.47 bits per heavy atom. The molecule has 1 atom stereocenters. The minimum Gasteiger partial charge on any atom is -0.488 e. The molecule has 1 saturated heterocycles. The minimum atomic E-state index is -0.449. The van der Waals surface area contributed by atoms with Crippen LogP contribution in [0.5, 0.6) is 5.75 Å². The van der Waals surface area contributed by atoms with E-state index in [1.54, 1.807) is 21.9 Å². The van der Waals surface area contributed by atoms with Crippen LogP contribution >= 0.6 is 0 Å². The van der Waals surface area contributed by atoms with Crippen molar-refractivity contribution in [2.75, 3.05) is 18.5 Å². The zero-order chi connectivity index (χ0) is 31.4. The number of pyridine rings is 1. The number of aromatic nitrogens is 1. The normalized spacial score (nSPS) is 14.0. The lowest BCUT2D eigenvalue weighted by atomic mass is 10.0. The van der Waals surface area contributed by atoms with Gasteiger partial charge in [-0.25, -0.2) is 9.59 Å². The number of nitrogens with one attached hydrogen (secondary N) is 2. The van der Waals surface area contributed by atoms with Crippen LogP contribution in [0, 0.1) is 0 Å². The van der Waals surface area contributed by atoms with Gasteiger partial charge in [0.2, 0.25) is 0 Å². The number of amides is 3. The number of rotatable bonds is 11. The van der Waals surface area contributed by atoms with E-state index in [0.29, 0.717) is 18.8 Å². The highest BCUT2D eigenvalue weighted by molar-refractivity contribution is 5.89. The molecule has 4 aromatic rings. The third-order valence-corrected chi connectivity index (χ3v) is 7.38. The second-order valence-corrected chi connectivity index (χ2v) is 10.7. The first-order chi connectivity index (χ1) is 21.9. The fraction of sp³-hybridized carbons (Fsp3) is 0.257. The van der Waals surface area contributed by atoms with E-state index in [2.05, 4.69) is 22.8 Å². The molecule has 45 heavy (non-hydrogen) atoms. The average molecular weight is 610 g/mol. The third kappa shape index (κ3) is 9.06. The van der Waals surface area contributed by atoms with Gasteiger partial charge in [-0.2, -0.15) is 4.57 Å². The van der Waals surface area contributed by atoms with Crippen LogP contribution in [0.4, 0.5) is 15.3 Å². The number of hydrogen-bond acceptors (Lipinski definition) is 6. The van der Waals surface area contributed by atoms with Crippen LogP contribution in [0.25, 0.3) is 11.1 Å². The molecule has 5 rings (SSSR count). The number of carbonyl (C=O) groups excluding carboxylic acids is 3. The van der Waals surface area contributed by atoms with Gasteiger partial charge in [-0.1, -0.05) is 60.7 Å². The van der Waals surface area contributed by atoms with E-state index in [0.717, 1.165) is 40.8 Å². The van der Waals surface area contributed by atoms with Gasteiger partial charge in [0.25, 0.3) is 6.73 Å². The van der Waals surface area contributed by atoms with Crippen molar-refractivity contribution in [2.45, 2.75) is 45.7 Å². The van der Waals surface area contributed by atoms with Gasteiger partial charge in [-0.3, -0.25) is 4.79 Å². The van der Waals surface area contributed by atoms with E-state index in [1.165, 1.54) is 6.92 Å². The number of nitrogens with zero attached hydrogens (tertiary/aromatic N) is 2. The summed E-state index contributed by atoms with van der Waals surface area (Å²) >= 11 is 0. The summed E-state index contributed by atoms with van der Waals surface area (Å²) in [6, 6.07) is 28.8. The first-order valence-electron chi connectivity index (χ1n) is 14.9. The summed E-state index contributed by atoms with van der Waals surface area (Å²) in [5.41, 5.74) is 4.59. The molecule has 0 aliphatic carbocycles. The zero-order valence-corrected chi connectivity index (χ0v) is 25.2. The molecule has 3 amide bonds. The molecule has 0 radical (unpaired) electrons. The van der Waals surface area contributed by atoms with Crippen molar-refractivity contribution >= 4 is 23.8 Å². The van der Waals surface area contributed by atoms with Crippen LogP contribution in [0.1, 0.15) is 30.9 Å². The summed E-state index contributed by atoms with van der Waals surface area (Å²) in [5.74, 6) is 0.438. The van der Waals surface area contributed by atoms with Crippen LogP contribution in [-0.2, 0) is 34.2 Å². The van der Waals surface area contributed by atoms with Gasteiger partial charge in [0.05, 0.1) is 12.6 Å². The highest BCUT2D eigenvalue weighted by Crippen LogP contribution is 2.30. The van der Waals surface area contributed by atoms with Crippen LogP contribution in [0.15, 0.2) is 103 Å². The van der Waals surface area contributed by atoms with Crippen LogP contribution in [0.2, 0.25) is 0 Å². The molecular formula is C35H37N4O6+. The number of para-hydroxylation sites is 1. The Morgan fingerprint density at radius 2 is 1.67 bits per heavy atom. The van der Waals surface area contributed by atoms with E-state index < -0.39 is 6.09 Å². The van der Waals surface area contributed by atoms with Gasteiger partial charge in [-0.15, -0.1) is 0 Å². The molecule has 10 nitrogen and oxygen atoms in total. The Morgan fingerprint density at radius 1 is 0.889 bits per heavy atom. The lowest BCUT2D eigenvalue weighted by Crippen LogP contribution is -2.43. The molecule has 0 bridgehead atoms. The summed E-state index contributed by atoms with van der Waals surface area (Å²) < 4.78 is 18.4. The van der Waals surface area contributed by atoms with E-state index in [9.17, 15) is 14.4 Å². The Hall–Kier alpha value is -5.38. The van der Waals surface area contributed by atoms with Gasteiger partial charge >= 0.3 is 18.1 Å². The van der Waals surface area contributed by atoms with E-state index in [4.69, 9.17) is 14.2 Å². The molecule has 2 N–H and O–H groups in total. The molecule has 10 heteroatoms. The number of carbonyl (C=O) groups is 3. The smallest absolute Gasteiger partial charge is 0.414 e. The standard InChI is InChI=1S/C35H36N4O6/c1-26(40)43-24-31-12-8-20-39(31)35(42)45-25-38-19-7-9-28(22-38)21-36-34(41)37-30-17-15-27(16-18-30)23-44-33-14-6-5-13-32(33)29-10-3-2-4-11-29/h2-7,9-11,13-19,22,31H,8,12,20-21,23-25H2,1H3,(H-,36,37,41)/p+1. The van der Waals surface area contributed by atoms with Crippen molar-refractivity contribution in [2.24, 2.45) is 0 Å². The number of likely N-dealkylation sites (tertiary alicyclic amines) is 1. The van der Waals surface area contributed by atoms with E-state index in [-0.39, 0.29) is 37.9 Å². The summed E-state index contributed by atoms with van der Waals surface area (Å²) in [7, 11) is 0. The minimum absolute atomic E-state index is 0.0174. The molecule has 2 heterocycles. The fourth-order valence-electron chi connectivity index (χ4n) is 5.09. The molecule has 1 aliphatic heterocycles. The Kier molecular flexibility index (Phi) is 10.6. The van der Waals surface area contributed by atoms with Crippen molar-refractivity contribution in [3.63, 3.8) is 0 Å². The summed E-state index contributed by atoms with van der Waals surface area (Å²) in [5, 5.41) is 5.70. The maximum atomic E-state index is 12.6. The number of hydrogen-bond donors (Lipinski definition) is 2. The molecule has 1 unspecified atom stereocenters. The maximum Gasteiger partial charge on any atom is 0.414 e. The van der Waals surface area contributed by atoms with Crippen molar-refractivity contribution in [3.8, 4) is 16.9 Å². The maximum absolute atomic E-state index is 12.6. The van der Waals surface area contributed by atoms with Crippen molar-refractivity contribution in [1.82, 2.24) is 10.2 Å². The van der Waals surface area contributed by atoms with Crippen LogP contribution in [0.3, 0.4) is 0 Å². The van der Waals surface area contributed by atoms with Gasteiger partial charge < -0.3 is 29.7 Å². The van der Waals surface area contributed by atoms with E-state index in [1.807, 2.05) is 78.9 Å². The second kappa shape index (κ2) is 15.4. The van der Waals surface area contributed by atoms with Gasteiger partial charge in [0.1, 0.15) is 19.0 Å². The first kappa shape index (κ1) is 31.1. The Labute approximate surface area is 262 Å². The van der Waals surface area contributed by atoms with Gasteiger partial charge in [-0.05, 0) is 48.2 Å². The van der Waals surface area contributed by atoms with E-state index >= 15 is 0 Å². The number of anilines is 1. The summed E-state index contributed by atoms with van der Waals surface area (Å²) in [6.07, 6.45) is 4.73. The number of urea groups is 1. The number of benzene rings is 3. The molecule has 1 aliphatic rings. The van der Waals surface area contributed by atoms with Gasteiger partial charge in [0.15, 0.2) is 12.4 Å². The largest absolute Gasteiger partial charge is 0.488 e. The SMILES string of the molecule is CC(=O)OCC1CCCN1C(=O)OC[n+]1cccc(CNC(=O)Nc2ccc(COc3ccccc3-c3ccccc3)cc2)c1. The molecule has 0 saturated carbocycles. The highest BCUT2D eigenvalue weighted by atomic mass is 16.6. The molecule has 0 spiro atoms. The lowest BCUT2D eigenvalue weighted by molar-refractivity contribution is -0.727. The topological polar surface area (TPSA) is 110 Å². The third-order valence-electron chi connectivity index (χ3n) is 7.38. The number of ether oxygens (including phenoxy) is 3. The summed E-state index contributed by atoms with van der Waals surface area (Å²) in [4.78, 5) is 37.9. The fourth-order valence-corrected chi connectivity index (χ4v) is 5.09. The highest BCUT2D eigenvalue weighted by Gasteiger charge is 2.31. The number of esters is 1. The van der Waals surface area contributed by atoms with Crippen molar-refractivity contribution < 1.29 is 33.2 Å². The molecule has 232 valence electrons. The molecular weight excluding hydrogens is 572 g/mol. The van der Waals surface area contributed by atoms with Crippen molar-refractivity contribution in [3.05, 3.63) is 115 Å².